The number of pyridine rings is 1. The molecule has 0 aliphatic heterocycles. The normalized spacial score (nSPS) is 22.3. The third kappa shape index (κ3) is 2.47. The number of hydrogen-bond donors (Lipinski definition) is 3. The van der Waals surface area contributed by atoms with Gasteiger partial charge in [-0.05, 0) is 47.0 Å². The number of aliphatic hydroxyl groups excluding tert-OH is 1. The van der Waals surface area contributed by atoms with Crippen molar-refractivity contribution in [3.05, 3.63) is 28.9 Å². The van der Waals surface area contributed by atoms with Crippen molar-refractivity contribution in [3.63, 3.8) is 0 Å². The van der Waals surface area contributed by atoms with Crippen molar-refractivity contribution in [2.24, 2.45) is 5.92 Å². The molecule has 0 bridgehead atoms. The van der Waals surface area contributed by atoms with E-state index in [0.29, 0.717) is 12.0 Å². The molecule has 106 valence electrons. The Hall–Kier alpha value is -1.33. The molecule has 0 radical (unpaired) electrons. The fraction of sp³-hybridized carbons (Fsp3) is 0.400. The van der Waals surface area contributed by atoms with E-state index in [4.69, 9.17) is 5.73 Å². The summed E-state index contributed by atoms with van der Waals surface area (Å²) in [6.45, 7) is 0.240. The Balaban J connectivity index is 1.98. The number of benzene rings is 1. The molecule has 5 heteroatoms. The van der Waals surface area contributed by atoms with Crippen LogP contribution in [0.5, 0.6) is 0 Å². The van der Waals surface area contributed by atoms with Crippen molar-refractivity contribution in [1.29, 1.82) is 0 Å². The lowest BCUT2D eigenvalue weighted by Crippen LogP contribution is -2.26. The van der Waals surface area contributed by atoms with Crippen LogP contribution >= 0.6 is 15.9 Å². The summed E-state index contributed by atoms with van der Waals surface area (Å²) in [7, 11) is 0. The molecule has 1 aromatic carbocycles. The highest BCUT2D eigenvalue weighted by Crippen LogP contribution is 2.33. The number of hydrogen-bond acceptors (Lipinski definition) is 4. The molecule has 1 aromatic heterocycles. The number of nitrogens with zero attached hydrogens (tertiary/aromatic N) is 1. The fourth-order valence-corrected chi connectivity index (χ4v) is 3.31. The van der Waals surface area contributed by atoms with Crippen LogP contribution in [-0.2, 0) is 0 Å². The summed E-state index contributed by atoms with van der Waals surface area (Å²) in [6.07, 6.45) is 5.12. The summed E-state index contributed by atoms with van der Waals surface area (Å²) in [5.41, 5.74) is 8.63. The van der Waals surface area contributed by atoms with E-state index >= 15 is 0 Å². The predicted octanol–water partition coefficient (Wildman–Crippen LogP) is 3.15. The molecule has 4 nitrogen and oxygen atoms in total. The first-order valence-electron chi connectivity index (χ1n) is 6.90. The van der Waals surface area contributed by atoms with Crippen molar-refractivity contribution in [3.8, 4) is 0 Å². The number of anilines is 2. The average molecular weight is 336 g/mol. The summed E-state index contributed by atoms with van der Waals surface area (Å²) >= 11 is 3.43. The average Bonchev–Trinajstić information content (AvgIpc) is 2.89. The molecule has 1 aliphatic rings. The lowest BCUT2D eigenvalue weighted by molar-refractivity contribution is 0.222. The number of nitrogens with two attached hydrogens (primary N) is 1. The van der Waals surface area contributed by atoms with E-state index in [1.807, 2.05) is 18.2 Å². The van der Waals surface area contributed by atoms with E-state index in [0.717, 1.165) is 46.0 Å². The number of aromatic nitrogens is 1. The Morgan fingerprint density at radius 2 is 2.25 bits per heavy atom. The quantitative estimate of drug-likeness (QED) is 0.753. The Kier molecular flexibility index (Phi) is 3.81. The van der Waals surface area contributed by atoms with Gasteiger partial charge < -0.3 is 16.2 Å². The van der Waals surface area contributed by atoms with Gasteiger partial charge in [-0.3, -0.25) is 4.98 Å². The molecule has 2 unspecified atom stereocenters. The third-order valence-corrected chi connectivity index (χ3v) is 4.52. The zero-order valence-electron chi connectivity index (χ0n) is 11.1. The zero-order valence-corrected chi connectivity index (χ0v) is 12.7. The minimum absolute atomic E-state index is 0.240. The van der Waals surface area contributed by atoms with Gasteiger partial charge in [0.25, 0.3) is 0 Å². The molecule has 3 rings (SSSR count). The van der Waals surface area contributed by atoms with Crippen LogP contribution in [0, 0.1) is 5.92 Å². The summed E-state index contributed by atoms with van der Waals surface area (Å²) in [4.78, 5) is 4.48. The first-order chi connectivity index (χ1) is 9.69. The Labute approximate surface area is 126 Å². The second-order valence-corrected chi connectivity index (χ2v) is 6.29. The SMILES string of the molecule is Nc1ccc(NC2CCCC2CO)c2ncc(Br)cc12. The standard InChI is InChI=1S/C15H18BrN3O/c16-10-6-11-12(17)4-5-14(15(11)18-7-10)19-13-3-1-2-9(13)8-20/h4-7,9,13,19-20H,1-3,8,17H2. The van der Waals surface area contributed by atoms with Gasteiger partial charge in [0.05, 0.1) is 11.2 Å². The molecule has 1 saturated carbocycles. The highest BCUT2D eigenvalue weighted by Gasteiger charge is 2.26. The molecule has 20 heavy (non-hydrogen) atoms. The second-order valence-electron chi connectivity index (χ2n) is 5.38. The van der Waals surface area contributed by atoms with Crippen LogP contribution in [0.15, 0.2) is 28.9 Å². The minimum Gasteiger partial charge on any atom is -0.398 e. The molecule has 1 fully saturated rings. The van der Waals surface area contributed by atoms with E-state index in [9.17, 15) is 5.11 Å². The first-order valence-corrected chi connectivity index (χ1v) is 7.69. The first kappa shape index (κ1) is 13.6. The topological polar surface area (TPSA) is 71.2 Å². The second kappa shape index (κ2) is 5.58. The van der Waals surface area contributed by atoms with Crippen molar-refractivity contribution in [2.75, 3.05) is 17.7 Å². The van der Waals surface area contributed by atoms with Gasteiger partial charge in [0.2, 0.25) is 0 Å². The summed E-state index contributed by atoms with van der Waals surface area (Å²) in [6, 6.07) is 6.19. The summed E-state index contributed by atoms with van der Waals surface area (Å²) in [5, 5.41) is 13.9. The fourth-order valence-electron chi connectivity index (χ4n) is 2.98. The highest BCUT2D eigenvalue weighted by atomic mass is 79.9. The van der Waals surface area contributed by atoms with E-state index in [1.54, 1.807) is 6.20 Å². The van der Waals surface area contributed by atoms with Crippen LogP contribution < -0.4 is 11.1 Å². The molecular formula is C15H18BrN3O. The van der Waals surface area contributed by atoms with E-state index in [2.05, 4.69) is 26.2 Å². The number of fused-ring (bicyclic) bond motifs is 1. The zero-order chi connectivity index (χ0) is 14.1. The van der Waals surface area contributed by atoms with Crippen molar-refractivity contribution >= 4 is 38.2 Å². The smallest absolute Gasteiger partial charge is 0.0954 e. The molecular weight excluding hydrogens is 318 g/mol. The van der Waals surface area contributed by atoms with Crippen molar-refractivity contribution in [2.45, 2.75) is 25.3 Å². The van der Waals surface area contributed by atoms with Gasteiger partial charge in [-0.2, -0.15) is 0 Å². The van der Waals surface area contributed by atoms with Gasteiger partial charge >= 0.3 is 0 Å². The summed E-state index contributed by atoms with van der Waals surface area (Å²) < 4.78 is 0.919. The summed E-state index contributed by atoms with van der Waals surface area (Å²) in [5.74, 6) is 0.332. The Bertz CT molecular complexity index is 632. The molecule has 1 heterocycles. The largest absolute Gasteiger partial charge is 0.398 e. The maximum atomic E-state index is 9.43. The van der Waals surface area contributed by atoms with Crippen molar-refractivity contribution in [1.82, 2.24) is 4.98 Å². The number of halogens is 1. The van der Waals surface area contributed by atoms with Crippen LogP contribution in [0.4, 0.5) is 11.4 Å². The van der Waals surface area contributed by atoms with Gasteiger partial charge in [0.1, 0.15) is 0 Å². The number of nitrogen functional groups attached to an aromatic ring is 1. The molecule has 2 aromatic rings. The Morgan fingerprint density at radius 1 is 1.40 bits per heavy atom. The highest BCUT2D eigenvalue weighted by molar-refractivity contribution is 9.10. The minimum atomic E-state index is 0.240. The predicted molar refractivity (Wildman–Crippen MR) is 85.7 cm³/mol. The van der Waals surface area contributed by atoms with Gasteiger partial charge in [-0.15, -0.1) is 0 Å². The van der Waals surface area contributed by atoms with E-state index in [-0.39, 0.29) is 6.61 Å². The van der Waals surface area contributed by atoms with Crippen LogP contribution in [0.1, 0.15) is 19.3 Å². The van der Waals surface area contributed by atoms with Crippen molar-refractivity contribution < 1.29 is 5.11 Å². The number of aliphatic hydroxyl groups is 1. The maximum Gasteiger partial charge on any atom is 0.0954 e. The lowest BCUT2D eigenvalue weighted by atomic mass is 10.0. The van der Waals surface area contributed by atoms with Crippen LogP contribution in [0.2, 0.25) is 0 Å². The number of nitrogens with one attached hydrogen (secondary N) is 1. The molecule has 1 aliphatic carbocycles. The van der Waals surface area contributed by atoms with Crippen LogP contribution in [0.25, 0.3) is 10.9 Å². The third-order valence-electron chi connectivity index (χ3n) is 4.08. The Morgan fingerprint density at radius 3 is 3.05 bits per heavy atom. The molecule has 0 saturated heterocycles. The van der Waals surface area contributed by atoms with Crippen LogP contribution in [-0.4, -0.2) is 22.7 Å². The van der Waals surface area contributed by atoms with Gasteiger partial charge in [-0.25, -0.2) is 0 Å². The van der Waals surface area contributed by atoms with Crippen LogP contribution in [0.3, 0.4) is 0 Å². The van der Waals surface area contributed by atoms with Gasteiger partial charge in [-0.1, -0.05) is 6.42 Å². The molecule has 0 spiro atoms. The van der Waals surface area contributed by atoms with Gasteiger partial charge in [0, 0.05) is 40.3 Å². The monoisotopic (exact) mass is 335 g/mol. The van der Waals surface area contributed by atoms with E-state index in [1.165, 1.54) is 0 Å². The lowest BCUT2D eigenvalue weighted by Gasteiger charge is -2.21. The van der Waals surface area contributed by atoms with E-state index < -0.39 is 0 Å². The number of rotatable bonds is 3. The molecule has 2 atom stereocenters. The molecule has 4 N–H and O–H groups in total. The molecule has 0 amide bonds. The van der Waals surface area contributed by atoms with Gasteiger partial charge in [0.15, 0.2) is 0 Å². The maximum absolute atomic E-state index is 9.43.